The molecule has 11 nitrogen and oxygen atoms in total. The van der Waals surface area contributed by atoms with Crippen LogP contribution in [0.15, 0.2) is 43.1 Å². The molecular weight excluding hydrogens is 370 g/mol. The zero-order valence-corrected chi connectivity index (χ0v) is 15.2. The Balaban J connectivity index is 1.66. The number of fused-ring (bicyclic) bond motifs is 1. The summed E-state index contributed by atoms with van der Waals surface area (Å²) in [6.07, 6.45) is 9.26. The van der Waals surface area contributed by atoms with Crippen molar-refractivity contribution in [2.45, 2.75) is 0 Å². The van der Waals surface area contributed by atoms with Gasteiger partial charge in [0.1, 0.15) is 0 Å². The van der Waals surface area contributed by atoms with Crippen molar-refractivity contribution in [2.24, 2.45) is 7.05 Å². The minimum atomic E-state index is -3.36. The fourth-order valence-electron chi connectivity index (χ4n) is 2.45. The molecule has 138 valence electrons. The van der Waals surface area contributed by atoms with Gasteiger partial charge in [0, 0.05) is 19.4 Å². The zero-order chi connectivity index (χ0) is 19.0. The summed E-state index contributed by atoms with van der Waals surface area (Å²) in [5.41, 5.74) is 1.69. The summed E-state index contributed by atoms with van der Waals surface area (Å²) < 4.78 is 28.2. The second kappa shape index (κ2) is 6.32. The van der Waals surface area contributed by atoms with Crippen molar-refractivity contribution in [3.8, 4) is 5.82 Å². The van der Waals surface area contributed by atoms with E-state index in [1.165, 1.54) is 6.20 Å². The molecule has 0 unspecified atom stereocenters. The van der Waals surface area contributed by atoms with E-state index in [0.717, 1.165) is 17.3 Å². The van der Waals surface area contributed by atoms with E-state index in [-0.39, 0.29) is 0 Å². The predicted molar refractivity (Wildman–Crippen MR) is 99.4 cm³/mol. The van der Waals surface area contributed by atoms with Crippen LogP contribution in [0.2, 0.25) is 0 Å². The number of hydrogen-bond donors (Lipinski definition) is 2. The normalized spacial score (nSPS) is 11.6. The van der Waals surface area contributed by atoms with Gasteiger partial charge in [0.15, 0.2) is 11.5 Å². The van der Waals surface area contributed by atoms with Crippen molar-refractivity contribution in [1.82, 2.24) is 34.5 Å². The van der Waals surface area contributed by atoms with Crippen LogP contribution in [0.3, 0.4) is 0 Å². The molecule has 0 bridgehead atoms. The number of aryl methyl sites for hydroxylation is 1. The Labute approximate surface area is 154 Å². The average Bonchev–Trinajstić information content (AvgIpc) is 3.20. The van der Waals surface area contributed by atoms with Crippen molar-refractivity contribution in [2.75, 3.05) is 16.3 Å². The highest BCUT2D eigenvalue weighted by Crippen LogP contribution is 2.19. The van der Waals surface area contributed by atoms with Crippen LogP contribution >= 0.6 is 0 Å². The highest BCUT2D eigenvalue weighted by molar-refractivity contribution is 7.92. The van der Waals surface area contributed by atoms with Crippen LogP contribution in [0.25, 0.3) is 16.9 Å². The SMILES string of the molecule is Cn1cc(Nc2ncc3cnn(-c4ccc(NS(C)(=O)=O)cn4)c3n2)cn1. The highest BCUT2D eigenvalue weighted by Gasteiger charge is 2.11. The molecule has 0 saturated heterocycles. The number of pyridine rings is 1. The Hall–Kier alpha value is -3.54. The molecule has 0 amide bonds. The summed E-state index contributed by atoms with van der Waals surface area (Å²) in [5.74, 6) is 0.891. The molecule has 2 N–H and O–H groups in total. The van der Waals surface area contributed by atoms with Crippen LogP contribution < -0.4 is 10.0 Å². The summed E-state index contributed by atoms with van der Waals surface area (Å²) in [4.78, 5) is 13.0. The fourth-order valence-corrected chi connectivity index (χ4v) is 2.99. The molecule has 0 aliphatic rings. The van der Waals surface area contributed by atoms with Gasteiger partial charge in [-0.05, 0) is 12.1 Å². The second-order valence-electron chi connectivity index (χ2n) is 5.84. The lowest BCUT2D eigenvalue weighted by molar-refractivity contribution is 0.607. The zero-order valence-electron chi connectivity index (χ0n) is 14.4. The van der Waals surface area contributed by atoms with Crippen LogP contribution in [-0.2, 0) is 17.1 Å². The molecule has 0 saturated carbocycles. The molecule has 0 radical (unpaired) electrons. The largest absolute Gasteiger partial charge is 0.321 e. The third-order valence-electron chi connectivity index (χ3n) is 3.54. The molecule has 27 heavy (non-hydrogen) atoms. The average molecular weight is 385 g/mol. The van der Waals surface area contributed by atoms with Crippen molar-refractivity contribution in [1.29, 1.82) is 0 Å². The van der Waals surface area contributed by atoms with E-state index in [1.54, 1.807) is 46.3 Å². The van der Waals surface area contributed by atoms with E-state index < -0.39 is 10.0 Å². The number of hydrogen-bond acceptors (Lipinski definition) is 8. The molecule has 12 heteroatoms. The van der Waals surface area contributed by atoms with Crippen LogP contribution in [-0.4, -0.2) is 49.2 Å². The second-order valence-corrected chi connectivity index (χ2v) is 7.58. The van der Waals surface area contributed by atoms with Gasteiger partial charge in [0.05, 0.1) is 41.6 Å². The summed E-state index contributed by atoms with van der Waals surface area (Å²) in [5, 5.41) is 12.2. The Bertz CT molecular complexity index is 1210. The molecule has 4 heterocycles. The van der Waals surface area contributed by atoms with Gasteiger partial charge in [-0.1, -0.05) is 0 Å². The van der Waals surface area contributed by atoms with E-state index in [2.05, 4.69) is 35.2 Å². The highest BCUT2D eigenvalue weighted by atomic mass is 32.2. The Kier molecular flexibility index (Phi) is 3.96. The first-order valence-corrected chi connectivity index (χ1v) is 9.67. The van der Waals surface area contributed by atoms with E-state index in [0.29, 0.717) is 23.1 Å². The van der Waals surface area contributed by atoms with Gasteiger partial charge in [-0.3, -0.25) is 9.40 Å². The van der Waals surface area contributed by atoms with Crippen LogP contribution in [0.1, 0.15) is 0 Å². The van der Waals surface area contributed by atoms with Gasteiger partial charge in [0.2, 0.25) is 16.0 Å². The molecule has 4 aromatic rings. The first-order chi connectivity index (χ1) is 12.9. The summed E-state index contributed by atoms with van der Waals surface area (Å²) in [6, 6.07) is 3.25. The molecule has 0 aliphatic heterocycles. The quantitative estimate of drug-likeness (QED) is 0.521. The lowest BCUT2D eigenvalue weighted by atomic mass is 10.4. The van der Waals surface area contributed by atoms with Gasteiger partial charge in [-0.2, -0.15) is 19.9 Å². The molecular formula is C15H15N9O2S. The molecule has 0 aromatic carbocycles. The maximum absolute atomic E-state index is 11.3. The Morgan fingerprint density at radius 1 is 1.00 bits per heavy atom. The lowest BCUT2D eigenvalue weighted by Crippen LogP contribution is -2.10. The minimum Gasteiger partial charge on any atom is -0.321 e. The van der Waals surface area contributed by atoms with Crippen molar-refractivity contribution >= 4 is 38.4 Å². The van der Waals surface area contributed by atoms with Gasteiger partial charge in [0.25, 0.3) is 0 Å². The smallest absolute Gasteiger partial charge is 0.229 e. The van der Waals surface area contributed by atoms with Gasteiger partial charge in [-0.15, -0.1) is 0 Å². The molecule has 0 spiro atoms. The Morgan fingerprint density at radius 3 is 2.52 bits per heavy atom. The van der Waals surface area contributed by atoms with E-state index >= 15 is 0 Å². The van der Waals surface area contributed by atoms with Crippen LogP contribution in [0.5, 0.6) is 0 Å². The molecule has 4 rings (SSSR count). The molecule has 0 atom stereocenters. The van der Waals surface area contributed by atoms with Gasteiger partial charge < -0.3 is 5.32 Å². The molecule has 0 fully saturated rings. The van der Waals surface area contributed by atoms with E-state index in [9.17, 15) is 8.42 Å². The van der Waals surface area contributed by atoms with E-state index in [1.807, 2.05) is 7.05 Å². The van der Waals surface area contributed by atoms with Crippen molar-refractivity contribution in [3.63, 3.8) is 0 Å². The monoisotopic (exact) mass is 385 g/mol. The number of sulfonamides is 1. The maximum Gasteiger partial charge on any atom is 0.229 e. The standard InChI is InChI=1S/C15H15N9O2S/c1-23-9-12(8-18-23)20-15-17-5-10-6-19-24(14(10)21-15)13-4-3-11(7-16-13)22-27(2,25)26/h3-9,22H,1-2H3,(H,17,20,21). The van der Waals surface area contributed by atoms with Crippen molar-refractivity contribution < 1.29 is 8.42 Å². The van der Waals surface area contributed by atoms with Crippen molar-refractivity contribution in [3.05, 3.63) is 43.1 Å². The number of anilines is 3. The number of aromatic nitrogens is 7. The molecule has 4 aromatic heterocycles. The van der Waals surface area contributed by atoms with Gasteiger partial charge in [-0.25, -0.2) is 18.4 Å². The predicted octanol–water partition coefficient (Wildman–Crippen LogP) is 1.06. The number of nitrogens with one attached hydrogen (secondary N) is 2. The van der Waals surface area contributed by atoms with Crippen LogP contribution in [0.4, 0.5) is 17.3 Å². The Morgan fingerprint density at radius 2 is 1.85 bits per heavy atom. The van der Waals surface area contributed by atoms with E-state index in [4.69, 9.17) is 0 Å². The van der Waals surface area contributed by atoms with Gasteiger partial charge >= 0.3 is 0 Å². The van der Waals surface area contributed by atoms with Crippen LogP contribution in [0, 0.1) is 0 Å². The third kappa shape index (κ3) is 3.69. The molecule has 0 aliphatic carbocycles. The third-order valence-corrected chi connectivity index (χ3v) is 4.14. The first kappa shape index (κ1) is 16.9. The summed E-state index contributed by atoms with van der Waals surface area (Å²) >= 11 is 0. The topological polar surface area (TPSA) is 133 Å². The summed E-state index contributed by atoms with van der Waals surface area (Å²) in [7, 11) is -1.54. The number of nitrogens with zero attached hydrogens (tertiary/aromatic N) is 7. The number of rotatable bonds is 5. The maximum atomic E-state index is 11.3. The lowest BCUT2D eigenvalue weighted by Gasteiger charge is -2.06. The summed E-state index contributed by atoms with van der Waals surface area (Å²) in [6.45, 7) is 0. The first-order valence-electron chi connectivity index (χ1n) is 7.78. The fraction of sp³-hybridized carbons (Fsp3) is 0.133. The minimum absolute atomic E-state index is 0.367.